The van der Waals surface area contributed by atoms with Gasteiger partial charge in [0.1, 0.15) is 0 Å². The minimum Gasteiger partial charge on any atom is -0.302 e. The number of rotatable bonds is 5. The Labute approximate surface area is 57.5 Å². The summed E-state index contributed by atoms with van der Waals surface area (Å²) in [5.41, 5.74) is 2.93. The summed E-state index contributed by atoms with van der Waals surface area (Å²) in [6.07, 6.45) is 2.39. The van der Waals surface area contributed by atoms with Crippen LogP contribution >= 0.6 is 0 Å². The third-order valence-corrected chi connectivity index (χ3v) is 1.15. The van der Waals surface area contributed by atoms with Gasteiger partial charge >= 0.3 is 0 Å². The van der Waals surface area contributed by atoms with Crippen LogP contribution in [0.5, 0.6) is 0 Å². The molecule has 0 aliphatic rings. The van der Waals surface area contributed by atoms with Crippen molar-refractivity contribution in [3.8, 4) is 0 Å². The average Bonchev–Trinajstić information content (AvgIpc) is 1.85. The highest BCUT2D eigenvalue weighted by molar-refractivity contribution is 4.50. The highest BCUT2D eigenvalue weighted by atomic mass is 16.6. The largest absolute Gasteiger partial charge is 0.302 e. The summed E-state index contributed by atoms with van der Waals surface area (Å²) < 4.78 is 0. The molecule has 0 fully saturated rings. The summed E-state index contributed by atoms with van der Waals surface area (Å²) >= 11 is 0. The highest BCUT2D eigenvalue weighted by Gasteiger charge is 1.96. The molecular weight excluding hydrogens is 114 g/mol. The van der Waals surface area contributed by atoms with Gasteiger partial charge in [0.2, 0.25) is 0 Å². The maximum absolute atomic E-state index is 5.00. The van der Waals surface area contributed by atoms with Gasteiger partial charge in [0.05, 0.1) is 6.61 Å². The van der Waals surface area contributed by atoms with E-state index < -0.39 is 0 Å². The van der Waals surface area contributed by atoms with Crippen molar-refractivity contribution in [3.63, 3.8) is 0 Å². The summed E-state index contributed by atoms with van der Waals surface area (Å²) in [5, 5.41) is 0. The Bertz CT molecular complexity index is 56.9. The Morgan fingerprint density at radius 2 is 2.11 bits per heavy atom. The molecule has 0 aliphatic heterocycles. The van der Waals surface area contributed by atoms with E-state index in [0.717, 1.165) is 6.61 Å². The van der Waals surface area contributed by atoms with Crippen LogP contribution in [0.25, 0.3) is 0 Å². The summed E-state index contributed by atoms with van der Waals surface area (Å²) in [6, 6.07) is 0.495. The molecule has 2 nitrogen and oxygen atoms in total. The Kier molecular flexibility index (Phi) is 5.99. The second-order valence-corrected chi connectivity index (χ2v) is 2.24. The molecule has 0 bridgehead atoms. The van der Waals surface area contributed by atoms with Gasteiger partial charge in [-0.25, -0.2) is 0 Å². The van der Waals surface area contributed by atoms with E-state index in [1.807, 2.05) is 6.92 Å². The quantitative estimate of drug-likeness (QED) is 0.573. The van der Waals surface area contributed by atoms with Crippen LogP contribution in [-0.4, -0.2) is 12.6 Å². The van der Waals surface area contributed by atoms with Crippen molar-refractivity contribution in [1.29, 1.82) is 0 Å². The molecule has 0 aromatic carbocycles. The van der Waals surface area contributed by atoms with Crippen molar-refractivity contribution in [2.45, 2.75) is 39.7 Å². The number of hydroxylamine groups is 1. The first-order valence-electron chi connectivity index (χ1n) is 3.68. The van der Waals surface area contributed by atoms with Crippen LogP contribution in [0, 0.1) is 0 Å². The van der Waals surface area contributed by atoms with Crippen molar-refractivity contribution in [2.24, 2.45) is 0 Å². The SMILES string of the molecule is CCCC(C)NOCC. The predicted molar refractivity (Wildman–Crippen MR) is 39.1 cm³/mol. The van der Waals surface area contributed by atoms with Gasteiger partial charge in [-0.15, -0.1) is 0 Å². The molecule has 0 aromatic heterocycles. The third-order valence-electron chi connectivity index (χ3n) is 1.15. The van der Waals surface area contributed by atoms with Gasteiger partial charge in [-0.1, -0.05) is 13.3 Å². The molecule has 1 atom stereocenters. The summed E-state index contributed by atoms with van der Waals surface area (Å²) in [6.45, 7) is 7.02. The zero-order valence-corrected chi connectivity index (χ0v) is 6.61. The number of nitrogens with one attached hydrogen (secondary N) is 1. The molecule has 1 N–H and O–H groups in total. The highest BCUT2D eigenvalue weighted by Crippen LogP contribution is 1.93. The first-order chi connectivity index (χ1) is 4.31. The molecule has 0 spiro atoms. The van der Waals surface area contributed by atoms with E-state index in [0.29, 0.717) is 6.04 Å². The minimum atomic E-state index is 0.495. The standard InChI is InChI=1S/C7H17NO/c1-4-6-7(3)8-9-5-2/h7-8H,4-6H2,1-3H3. The second kappa shape index (κ2) is 6.05. The van der Waals surface area contributed by atoms with Crippen molar-refractivity contribution < 1.29 is 4.84 Å². The van der Waals surface area contributed by atoms with Gasteiger partial charge < -0.3 is 4.84 Å². The monoisotopic (exact) mass is 131 g/mol. The van der Waals surface area contributed by atoms with E-state index in [1.165, 1.54) is 12.8 Å². The van der Waals surface area contributed by atoms with Crippen LogP contribution in [-0.2, 0) is 4.84 Å². The van der Waals surface area contributed by atoms with Crippen LogP contribution in [0.2, 0.25) is 0 Å². The van der Waals surface area contributed by atoms with Crippen molar-refractivity contribution in [2.75, 3.05) is 6.61 Å². The molecule has 2 heteroatoms. The molecule has 0 amide bonds. The smallest absolute Gasteiger partial charge is 0.0654 e. The molecule has 9 heavy (non-hydrogen) atoms. The van der Waals surface area contributed by atoms with E-state index >= 15 is 0 Å². The number of hydrogen-bond donors (Lipinski definition) is 1. The third kappa shape index (κ3) is 5.80. The Balaban J connectivity index is 2.95. The Morgan fingerprint density at radius 1 is 1.44 bits per heavy atom. The molecule has 0 radical (unpaired) electrons. The summed E-state index contributed by atoms with van der Waals surface area (Å²) in [4.78, 5) is 5.00. The topological polar surface area (TPSA) is 21.3 Å². The lowest BCUT2D eigenvalue weighted by Crippen LogP contribution is -2.25. The normalized spacial score (nSPS) is 13.7. The molecule has 0 heterocycles. The van der Waals surface area contributed by atoms with Gasteiger partial charge in [0, 0.05) is 6.04 Å². The van der Waals surface area contributed by atoms with E-state index in [9.17, 15) is 0 Å². The molecular formula is C7H17NO. The zero-order chi connectivity index (χ0) is 7.11. The first kappa shape index (κ1) is 8.92. The fraction of sp³-hybridized carbons (Fsp3) is 1.00. The van der Waals surface area contributed by atoms with Gasteiger partial charge in [0.15, 0.2) is 0 Å². The lowest BCUT2D eigenvalue weighted by molar-refractivity contribution is 0.0268. The fourth-order valence-corrected chi connectivity index (χ4v) is 0.718. The summed E-state index contributed by atoms with van der Waals surface area (Å²) in [7, 11) is 0. The van der Waals surface area contributed by atoms with Crippen molar-refractivity contribution in [3.05, 3.63) is 0 Å². The van der Waals surface area contributed by atoms with Crippen LogP contribution < -0.4 is 5.48 Å². The maximum atomic E-state index is 5.00. The molecule has 0 saturated carbocycles. The first-order valence-corrected chi connectivity index (χ1v) is 3.68. The zero-order valence-electron chi connectivity index (χ0n) is 6.61. The Hall–Kier alpha value is -0.0800. The lowest BCUT2D eigenvalue weighted by atomic mass is 10.2. The fourth-order valence-electron chi connectivity index (χ4n) is 0.718. The number of hydrogen-bond acceptors (Lipinski definition) is 2. The van der Waals surface area contributed by atoms with Crippen molar-refractivity contribution in [1.82, 2.24) is 5.48 Å². The molecule has 0 saturated heterocycles. The van der Waals surface area contributed by atoms with Gasteiger partial charge in [-0.05, 0) is 20.3 Å². The van der Waals surface area contributed by atoms with Crippen LogP contribution in [0.3, 0.4) is 0 Å². The lowest BCUT2D eigenvalue weighted by Gasteiger charge is -2.10. The van der Waals surface area contributed by atoms with Gasteiger partial charge in [-0.3, -0.25) is 0 Å². The minimum absolute atomic E-state index is 0.495. The molecule has 0 rings (SSSR count). The van der Waals surface area contributed by atoms with Gasteiger partial charge in [0.25, 0.3) is 0 Å². The second-order valence-electron chi connectivity index (χ2n) is 2.24. The molecule has 0 aliphatic carbocycles. The van der Waals surface area contributed by atoms with E-state index in [2.05, 4.69) is 19.3 Å². The van der Waals surface area contributed by atoms with Crippen LogP contribution in [0.4, 0.5) is 0 Å². The maximum Gasteiger partial charge on any atom is 0.0654 e. The van der Waals surface area contributed by atoms with E-state index in [-0.39, 0.29) is 0 Å². The van der Waals surface area contributed by atoms with E-state index in [4.69, 9.17) is 4.84 Å². The van der Waals surface area contributed by atoms with Crippen LogP contribution in [0.15, 0.2) is 0 Å². The average molecular weight is 131 g/mol. The van der Waals surface area contributed by atoms with E-state index in [1.54, 1.807) is 0 Å². The Morgan fingerprint density at radius 3 is 2.56 bits per heavy atom. The van der Waals surface area contributed by atoms with Crippen LogP contribution in [0.1, 0.15) is 33.6 Å². The van der Waals surface area contributed by atoms with Crippen molar-refractivity contribution >= 4 is 0 Å². The van der Waals surface area contributed by atoms with Gasteiger partial charge in [-0.2, -0.15) is 5.48 Å². The molecule has 0 aromatic rings. The predicted octanol–water partition coefficient (Wildman–Crippen LogP) is 1.72. The molecule has 1 unspecified atom stereocenters. The summed E-state index contributed by atoms with van der Waals surface area (Å²) in [5.74, 6) is 0. The molecule has 56 valence electrons.